The van der Waals surface area contributed by atoms with Crippen molar-refractivity contribution in [1.29, 1.82) is 0 Å². The van der Waals surface area contributed by atoms with Crippen LogP contribution in [0.3, 0.4) is 0 Å². The Morgan fingerprint density at radius 2 is 1.89 bits per heavy atom. The molecule has 3 rings (SSSR count). The smallest absolute Gasteiger partial charge is 0.201 e. The molecule has 1 aliphatic carbocycles. The molecule has 0 amide bonds. The van der Waals surface area contributed by atoms with Crippen LogP contribution in [0.2, 0.25) is 0 Å². The molecule has 1 saturated carbocycles. The summed E-state index contributed by atoms with van der Waals surface area (Å²) in [7, 11) is 0. The molecular weight excluding hydrogens is 241 g/mol. The second-order valence-electron chi connectivity index (χ2n) is 6.71. The fourth-order valence-corrected chi connectivity index (χ4v) is 3.28. The molecule has 1 aromatic carbocycles. The lowest BCUT2D eigenvalue weighted by atomic mass is 10.0. The van der Waals surface area contributed by atoms with Crippen LogP contribution in [0.5, 0.6) is 0 Å². The zero-order valence-corrected chi connectivity index (χ0v) is 11.9. The Kier molecular flexibility index (Phi) is 2.29. The first kappa shape index (κ1) is 12.5. The van der Waals surface area contributed by atoms with Gasteiger partial charge in [0.05, 0.1) is 11.0 Å². The fraction of sp³-hybridized carbons (Fsp3) is 0.533. The Hall–Kier alpha value is -1.58. The van der Waals surface area contributed by atoms with E-state index in [1.54, 1.807) is 6.07 Å². The number of hydrogen-bond donors (Lipinski definition) is 1. The van der Waals surface area contributed by atoms with Gasteiger partial charge in [-0.05, 0) is 34.9 Å². The Morgan fingerprint density at radius 3 is 2.47 bits per heavy atom. The van der Waals surface area contributed by atoms with Crippen LogP contribution < -0.4 is 5.73 Å². The Balaban J connectivity index is 2.02. The van der Waals surface area contributed by atoms with E-state index >= 15 is 0 Å². The van der Waals surface area contributed by atoms with Crippen molar-refractivity contribution in [3.8, 4) is 0 Å². The minimum absolute atomic E-state index is 0.247. The van der Waals surface area contributed by atoms with E-state index < -0.39 is 0 Å². The first-order valence-corrected chi connectivity index (χ1v) is 6.66. The number of benzene rings is 1. The van der Waals surface area contributed by atoms with Gasteiger partial charge in [-0.25, -0.2) is 9.37 Å². The average Bonchev–Trinajstić information content (AvgIpc) is 2.58. The van der Waals surface area contributed by atoms with Crippen LogP contribution >= 0.6 is 0 Å². The summed E-state index contributed by atoms with van der Waals surface area (Å²) in [6, 6.07) is 4.62. The van der Waals surface area contributed by atoms with Gasteiger partial charge in [-0.2, -0.15) is 0 Å². The van der Waals surface area contributed by atoms with E-state index in [1.165, 1.54) is 12.1 Å². The molecule has 0 aliphatic heterocycles. The second-order valence-corrected chi connectivity index (χ2v) is 6.71. The van der Waals surface area contributed by atoms with Crippen molar-refractivity contribution >= 4 is 17.0 Å². The summed E-state index contributed by atoms with van der Waals surface area (Å²) in [5.41, 5.74) is 8.10. The molecule has 1 fully saturated rings. The number of imidazole rings is 1. The molecular formula is C15H20FN3. The summed E-state index contributed by atoms with van der Waals surface area (Å²) in [5.74, 6) is 0.755. The van der Waals surface area contributed by atoms with Crippen molar-refractivity contribution in [2.75, 3.05) is 5.73 Å². The number of hydrogen-bond acceptors (Lipinski definition) is 2. The maximum Gasteiger partial charge on any atom is 0.201 e. The van der Waals surface area contributed by atoms with Gasteiger partial charge < -0.3 is 10.3 Å². The third-order valence-corrected chi connectivity index (χ3v) is 5.42. The maximum absolute atomic E-state index is 13.4. The summed E-state index contributed by atoms with van der Waals surface area (Å²) in [6.45, 7) is 9.88. The van der Waals surface area contributed by atoms with Gasteiger partial charge in [0.2, 0.25) is 5.95 Å². The van der Waals surface area contributed by atoms with Crippen LogP contribution in [0.4, 0.5) is 10.3 Å². The normalized spacial score (nSPS) is 20.9. The minimum Gasteiger partial charge on any atom is -0.369 e. The first-order chi connectivity index (χ1) is 8.75. The molecule has 0 atom stereocenters. The van der Waals surface area contributed by atoms with Gasteiger partial charge in [0, 0.05) is 6.54 Å². The number of nitrogen functional groups attached to an aromatic ring is 1. The highest BCUT2D eigenvalue weighted by Crippen LogP contribution is 2.69. The van der Waals surface area contributed by atoms with Crippen LogP contribution in [0.15, 0.2) is 18.2 Å². The van der Waals surface area contributed by atoms with Gasteiger partial charge in [-0.15, -0.1) is 0 Å². The lowest BCUT2D eigenvalue weighted by molar-refractivity contribution is 0.457. The number of aromatic nitrogens is 2. The van der Waals surface area contributed by atoms with Gasteiger partial charge in [-0.3, -0.25) is 0 Å². The summed E-state index contributed by atoms with van der Waals surface area (Å²) >= 11 is 0. The van der Waals surface area contributed by atoms with Gasteiger partial charge in [0.1, 0.15) is 5.82 Å². The highest BCUT2D eigenvalue weighted by Gasteiger charge is 2.64. The summed E-state index contributed by atoms with van der Waals surface area (Å²) in [5, 5.41) is 0. The van der Waals surface area contributed by atoms with Gasteiger partial charge in [0.25, 0.3) is 0 Å². The topological polar surface area (TPSA) is 43.8 Å². The highest BCUT2D eigenvalue weighted by atomic mass is 19.1. The molecule has 0 spiro atoms. The summed E-state index contributed by atoms with van der Waals surface area (Å²) in [4.78, 5) is 4.30. The van der Waals surface area contributed by atoms with E-state index in [0.29, 0.717) is 11.9 Å². The molecule has 0 unspecified atom stereocenters. The number of halogens is 1. The van der Waals surface area contributed by atoms with Crippen molar-refractivity contribution in [2.45, 2.75) is 34.2 Å². The largest absolute Gasteiger partial charge is 0.369 e. The third kappa shape index (κ3) is 1.58. The molecule has 0 bridgehead atoms. The maximum atomic E-state index is 13.4. The monoisotopic (exact) mass is 261 g/mol. The Labute approximate surface area is 112 Å². The molecule has 1 heterocycles. The number of rotatable bonds is 2. The second kappa shape index (κ2) is 3.50. The van der Waals surface area contributed by atoms with Crippen molar-refractivity contribution in [3.63, 3.8) is 0 Å². The zero-order chi connectivity index (χ0) is 14.0. The van der Waals surface area contributed by atoms with E-state index in [4.69, 9.17) is 5.73 Å². The van der Waals surface area contributed by atoms with Crippen LogP contribution in [0.1, 0.15) is 27.7 Å². The molecule has 19 heavy (non-hydrogen) atoms. The van der Waals surface area contributed by atoms with Gasteiger partial charge in [-0.1, -0.05) is 27.7 Å². The van der Waals surface area contributed by atoms with Crippen molar-refractivity contribution in [2.24, 2.45) is 16.7 Å². The molecule has 1 aliphatic rings. The summed E-state index contributed by atoms with van der Waals surface area (Å²) < 4.78 is 15.3. The van der Waals surface area contributed by atoms with Crippen molar-refractivity contribution < 1.29 is 4.39 Å². The van der Waals surface area contributed by atoms with Crippen LogP contribution in [-0.4, -0.2) is 9.55 Å². The van der Waals surface area contributed by atoms with Crippen LogP contribution in [0, 0.1) is 22.6 Å². The first-order valence-electron chi connectivity index (χ1n) is 6.66. The van der Waals surface area contributed by atoms with Crippen molar-refractivity contribution in [1.82, 2.24) is 9.55 Å². The van der Waals surface area contributed by atoms with Gasteiger partial charge >= 0.3 is 0 Å². The molecule has 2 aromatic rings. The fourth-order valence-electron chi connectivity index (χ4n) is 3.28. The quantitative estimate of drug-likeness (QED) is 0.900. The van der Waals surface area contributed by atoms with Crippen LogP contribution in [0.25, 0.3) is 11.0 Å². The molecule has 2 N–H and O–H groups in total. The standard InChI is InChI=1S/C15H20FN3/c1-14(2)12(15(14,3)4)8-19-11-7-9(16)5-6-10(11)18-13(19)17/h5-7,12H,8H2,1-4H3,(H2,17,18). The molecule has 102 valence electrons. The van der Waals surface area contributed by atoms with E-state index in [1.807, 2.05) is 4.57 Å². The average molecular weight is 261 g/mol. The van der Waals surface area contributed by atoms with E-state index in [9.17, 15) is 4.39 Å². The molecule has 4 heteroatoms. The number of nitrogens with two attached hydrogens (primary N) is 1. The SMILES string of the molecule is CC1(C)C(Cn2c(N)nc3ccc(F)cc32)C1(C)C. The Morgan fingerprint density at radius 1 is 1.26 bits per heavy atom. The lowest BCUT2D eigenvalue weighted by Gasteiger charge is -2.08. The minimum atomic E-state index is -0.247. The van der Waals surface area contributed by atoms with E-state index in [-0.39, 0.29) is 16.6 Å². The molecule has 1 aromatic heterocycles. The molecule has 3 nitrogen and oxygen atoms in total. The summed E-state index contributed by atoms with van der Waals surface area (Å²) in [6.07, 6.45) is 0. The van der Waals surface area contributed by atoms with Gasteiger partial charge in [0.15, 0.2) is 0 Å². The molecule has 0 saturated heterocycles. The van der Waals surface area contributed by atoms with Crippen LogP contribution in [-0.2, 0) is 6.54 Å². The zero-order valence-electron chi connectivity index (χ0n) is 11.9. The predicted octanol–water partition coefficient (Wildman–Crippen LogP) is 3.44. The van der Waals surface area contributed by atoms with Crippen molar-refractivity contribution in [3.05, 3.63) is 24.0 Å². The molecule has 0 radical (unpaired) electrons. The van der Waals surface area contributed by atoms with E-state index in [0.717, 1.165) is 17.6 Å². The third-order valence-electron chi connectivity index (χ3n) is 5.42. The van der Waals surface area contributed by atoms with E-state index in [2.05, 4.69) is 32.7 Å². The number of fused-ring (bicyclic) bond motifs is 1. The lowest BCUT2D eigenvalue weighted by Crippen LogP contribution is -2.08. The number of nitrogens with zero attached hydrogens (tertiary/aromatic N) is 2. The predicted molar refractivity (Wildman–Crippen MR) is 75.2 cm³/mol. The number of anilines is 1. The Bertz CT molecular complexity index is 641. The highest BCUT2D eigenvalue weighted by molar-refractivity contribution is 5.78.